The molecule has 1 aliphatic heterocycles. The summed E-state index contributed by atoms with van der Waals surface area (Å²) in [6.07, 6.45) is -2.49. The van der Waals surface area contributed by atoms with Crippen LogP contribution in [-0.4, -0.2) is 66.1 Å². The van der Waals surface area contributed by atoms with Crippen molar-refractivity contribution in [2.24, 2.45) is 0 Å². The molecule has 1 aliphatic rings. The van der Waals surface area contributed by atoms with E-state index in [0.29, 0.717) is 17.9 Å². The van der Waals surface area contributed by atoms with E-state index in [0.717, 1.165) is 6.92 Å². The molecule has 1 aromatic rings. The van der Waals surface area contributed by atoms with Crippen LogP contribution in [-0.2, 0) is 28.6 Å². The molecule has 9 heteroatoms. The van der Waals surface area contributed by atoms with Gasteiger partial charge in [0.2, 0.25) is 6.10 Å². The SMILES string of the molecule is CC(=O)O[C@@H](C(=O)OC(C)(C)C)[C@H]1OCCN(c2ccccc2OCCC(C)(C)O)C1=O. The molecule has 1 amide bonds. The zero-order chi connectivity index (χ0) is 24.1. The van der Waals surface area contributed by atoms with E-state index in [4.69, 9.17) is 18.9 Å². The van der Waals surface area contributed by atoms with E-state index in [1.165, 1.54) is 4.90 Å². The monoisotopic (exact) mass is 451 g/mol. The molecule has 1 fully saturated rings. The zero-order valence-corrected chi connectivity index (χ0v) is 19.5. The second-order valence-corrected chi connectivity index (χ2v) is 9.22. The minimum Gasteiger partial charge on any atom is -0.491 e. The number of benzene rings is 1. The first kappa shape index (κ1) is 25.6. The standard InChI is InChI=1S/C23H33NO8/c1-15(25)31-19(21(27)32-22(2,3)4)18-20(26)24(12-14-30-18)16-9-7-8-10-17(16)29-13-11-23(5,6)28/h7-10,18-19,28H,11-14H2,1-6H3/t18-,19-/m1/s1. The predicted octanol–water partition coefficient (Wildman–Crippen LogP) is 2.23. The Morgan fingerprint density at radius 3 is 2.47 bits per heavy atom. The maximum Gasteiger partial charge on any atom is 0.351 e. The number of rotatable bonds is 8. The van der Waals surface area contributed by atoms with Crippen molar-refractivity contribution in [3.63, 3.8) is 0 Å². The third-order valence-electron chi connectivity index (χ3n) is 4.46. The minimum absolute atomic E-state index is 0.120. The van der Waals surface area contributed by atoms with Crippen molar-refractivity contribution in [2.45, 2.75) is 71.4 Å². The van der Waals surface area contributed by atoms with Crippen LogP contribution >= 0.6 is 0 Å². The van der Waals surface area contributed by atoms with Crippen LogP contribution in [0.15, 0.2) is 24.3 Å². The van der Waals surface area contributed by atoms with Gasteiger partial charge in [0.1, 0.15) is 11.4 Å². The van der Waals surface area contributed by atoms with Crippen molar-refractivity contribution in [3.8, 4) is 5.75 Å². The molecule has 9 nitrogen and oxygen atoms in total. The topological polar surface area (TPSA) is 112 Å². The smallest absolute Gasteiger partial charge is 0.351 e. The van der Waals surface area contributed by atoms with Gasteiger partial charge in [-0.15, -0.1) is 0 Å². The molecule has 0 spiro atoms. The lowest BCUT2D eigenvalue weighted by Crippen LogP contribution is -2.56. The van der Waals surface area contributed by atoms with E-state index in [9.17, 15) is 19.5 Å². The van der Waals surface area contributed by atoms with Gasteiger partial charge in [-0.3, -0.25) is 9.59 Å². The number of para-hydroxylation sites is 2. The minimum atomic E-state index is -1.54. The lowest BCUT2D eigenvalue weighted by atomic mass is 10.1. The van der Waals surface area contributed by atoms with E-state index in [1.54, 1.807) is 58.9 Å². The number of morpholine rings is 1. The summed E-state index contributed by atoms with van der Waals surface area (Å²) in [4.78, 5) is 39.1. The molecule has 0 unspecified atom stereocenters. The van der Waals surface area contributed by atoms with Gasteiger partial charge < -0.3 is 29.0 Å². The molecule has 32 heavy (non-hydrogen) atoms. The summed E-state index contributed by atoms with van der Waals surface area (Å²) in [5, 5.41) is 9.91. The summed E-state index contributed by atoms with van der Waals surface area (Å²) < 4.78 is 21.9. The number of hydrogen-bond donors (Lipinski definition) is 1. The van der Waals surface area contributed by atoms with Crippen molar-refractivity contribution in [1.82, 2.24) is 0 Å². The van der Waals surface area contributed by atoms with Gasteiger partial charge in [0.15, 0.2) is 6.10 Å². The molecule has 1 aromatic carbocycles. The Labute approximate surface area is 188 Å². The van der Waals surface area contributed by atoms with Crippen molar-refractivity contribution >= 4 is 23.5 Å². The summed E-state index contributed by atoms with van der Waals surface area (Å²) in [5.41, 5.74) is -1.24. The first-order valence-electron chi connectivity index (χ1n) is 10.6. The van der Waals surface area contributed by atoms with Crippen molar-refractivity contribution in [1.29, 1.82) is 0 Å². The lowest BCUT2D eigenvalue weighted by molar-refractivity contribution is -0.188. The molecule has 0 bridgehead atoms. The number of nitrogens with zero attached hydrogens (tertiary/aromatic N) is 1. The number of hydrogen-bond acceptors (Lipinski definition) is 8. The fourth-order valence-corrected chi connectivity index (χ4v) is 3.05. The van der Waals surface area contributed by atoms with Crippen molar-refractivity contribution in [3.05, 3.63) is 24.3 Å². The molecule has 2 atom stereocenters. The van der Waals surface area contributed by atoms with E-state index in [2.05, 4.69) is 0 Å². The molecule has 0 aliphatic carbocycles. The van der Waals surface area contributed by atoms with Gasteiger partial charge in [0.05, 0.1) is 24.5 Å². The van der Waals surface area contributed by atoms with Crippen LogP contribution in [0.3, 0.4) is 0 Å². The highest BCUT2D eigenvalue weighted by atomic mass is 16.6. The molecule has 1 N–H and O–H groups in total. The van der Waals surface area contributed by atoms with Crippen LogP contribution in [0.1, 0.15) is 48.0 Å². The van der Waals surface area contributed by atoms with Crippen LogP contribution in [0.4, 0.5) is 5.69 Å². The van der Waals surface area contributed by atoms with Crippen LogP contribution < -0.4 is 9.64 Å². The summed E-state index contributed by atoms with van der Waals surface area (Å²) in [6.45, 7) is 10.1. The Balaban J connectivity index is 2.26. The van der Waals surface area contributed by atoms with Crippen LogP contribution in [0.2, 0.25) is 0 Å². The van der Waals surface area contributed by atoms with Gasteiger partial charge >= 0.3 is 11.9 Å². The van der Waals surface area contributed by atoms with Crippen LogP contribution in [0.5, 0.6) is 5.75 Å². The van der Waals surface area contributed by atoms with Gasteiger partial charge in [-0.05, 0) is 46.8 Å². The van der Waals surface area contributed by atoms with Gasteiger partial charge in [-0.25, -0.2) is 4.79 Å². The second kappa shape index (κ2) is 10.3. The van der Waals surface area contributed by atoms with E-state index in [1.807, 2.05) is 0 Å². The summed E-state index contributed by atoms with van der Waals surface area (Å²) >= 11 is 0. The molecule has 0 saturated carbocycles. The fourth-order valence-electron chi connectivity index (χ4n) is 3.05. The van der Waals surface area contributed by atoms with Gasteiger partial charge in [-0.2, -0.15) is 0 Å². The molecule has 0 radical (unpaired) electrons. The van der Waals surface area contributed by atoms with Crippen LogP contribution in [0, 0.1) is 0 Å². The van der Waals surface area contributed by atoms with Crippen molar-refractivity contribution < 1.29 is 38.4 Å². The lowest BCUT2D eigenvalue weighted by Gasteiger charge is -2.36. The Morgan fingerprint density at radius 1 is 1.22 bits per heavy atom. The number of ether oxygens (including phenoxy) is 4. The fraction of sp³-hybridized carbons (Fsp3) is 0.609. The maximum atomic E-state index is 13.3. The van der Waals surface area contributed by atoms with E-state index in [-0.39, 0.29) is 19.8 Å². The average Bonchev–Trinajstić information content (AvgIpc) is 2.64. The first-order valence-corrected chi connectivity index (χ1v) is 10.6. The quantitative estimate of drug-likeness (QED) is 0.599. The number of esters is 2. The Kier molecular flexibility index (Phi) is 8.25. The summed E-state index contributed by atoms with van der Waals surface area (Å²) in [5.74, 6) is -1.69. The second-order valence-electron chi connectivity index (χ2n) is 9.22. The number of amides is 1. The largest absolute Gasteiger partial charge is 0.491 e. The third kappa shape index (κ3) is 7.49. The first-order chi connectivity index (χ1) is 14.8. The molecule has 2 rings (SSSR count). The van der Waals surface area contributed by atoms with Crippen molar-refractivity contribution in [2.75, 3.05) is 24.7 Å². The van der Waals surface area contributed by atoms with Gasteiger partial charge in [0, 0.05) is 19.9 Å². The normalized spacial score (nSPS) is 18.2. The molecule has 178 valence electrons. The molecule has 0 aromatic heterocycles. The average molecular weight is 452 g/mol. The van der Waals surface area contributed by atoms with Gasteiger partial charge in [0.25, 0.3) is 5.91 Å². The Hall–Kier alpha value is -2.65. The maximum absolute atomic E-state index is 13.3. The predicted molar refractivity (Wildman–Crippen MR) is 116 cm³/mol. The van der Waals surface area contributed by atoms with Gasteiger partial charge in [-0.1, -0.05) is 12.1 Å². The Morgan fingerprint density at radius 2 is 1.88 bits per heavy atom. The zero-order valence-electron chi connectivity index (χ0n) is 19.5. The molecule has 1 saturated heterocycles. The third-order valence-corrected chi connectivity index (χ3v) is 4.46. The van der Waals surface area contributed by atoms with E-state index < -0.39 is 41.3 Å². The highest BCUT2D eigenvalue weighted by molar-refractivity contribution is 6.01. The molecule has 1 heterocycles. The van der Waals surface area contributed by atoms with E-state index >= 15 is 0 Å². The number of aliphatic hydroxyl groups is 1. The number of anilines is 1. The highest BCUT2D eigenvalue weighted by Crippen LogP contribution is 2.31. The molecular weight excluding hydrogens is 418 g/mol. The number of carbonyl (C=O) groups excluding carboxylic acids is 3. The highest BCUT2D eigenvalue weighted by Gasteiger charge is 2.44. The Bertz CT molecular complexity index is 824. The van der Waals surface area contributed by atoms with Crippen LogP contribution in [0.25, 0.3) is 0 Å². The number of carbonyl (C=O) groups is 3. The summed E-state index contributed by atoms with van der Waals surface area (Å²) in [7, 11) is 0. The summed E-state index contributed by atoms with van der Waals surface area (Å²) in [6, 6.07) is 6.96. The molecular formula is C23H33NO8.